The van der Waals surface area contributed by atoms with Crippen LogP contribution < -0.4 is 10.6 Å². The lowest BCUT2D eigenvalue weighted by atomic mass is 10.00. The second kappa shape index (κ2) is 7.25. The number of amides is 1. The lowest BCUT2D eigenvalue weighted by Crippen LogP contribution is -2.46. The van der Waals surface area contributed by atoms with Crippen LogP contribution in [0.4, 0.5) is 0 Å². The Bertz CT molecular complexity index is 289. The van der Waals surface area contributed by atoms with Gasteiger partial charge in [-0.15, -0.1) is 0 Å². The van der Waals surface area contributed by atoms with Crippen molar-refractivity contribution >= 4 is 5.91 Å². The molecule has 0 aromatic carbocycles. The Morgan fingerprint density at radius 3 is 2.95 bits per heavy atom. The standard InChI is InChI=1S/C15H29N3O/c1-12-5-4-8-18(10-12)11-13(2)17-15(19)9-14-6-3-7-16-14/h12-14,16H,3-11H2,1-2H3,(H,17,19). The summed E-state index contributed by atoms with van der Waals surface area (Å²) >= 11 is 0. The summed E-state index contributed by atoms with van der Waals surface area (Å²) < 4.78 is 0. The van der Waals surface area contributed by atoms with E-state index >= 15 is 0 Å². The number of rotatable bonds is 5. The number of carbonyl (C=O) groups is 1. The monoisotopic (exact) mass is 267 g/mol. The number of hydrogen-bond donors (Lipinski definition) is 2. The molecular weight excluding hydrogens is 238 g/mol. The van der Waals surface area contributed by atoms with Crippen LogP contribution in [0, 0.1) is 5.92 Å². The van der Waals surface area contributed by atoms with Crippen LogP contribution in [-0.4, -0.2) is 49.1 Å². The molecule has 0 aromatic heterocycles. The molecule has 4 nitrogen and oxygen atoms in total. The van der Waals surface area contributed by atoms with Crippen LogP contribution in [0.2, 0.25) is 0 Å². The fraction of sp³-hybridized carbons (Fsp3) is 0.933. The van der Waals surface area contributed by atoms with Gasteiger partial charge in [0, 0.05) is 31.6 Å². The zero-order valence-electron chi connectivity index (χ0n) is 12.5. The third kappa shape index (κ3) is 5.11. The highest BCUT2D eigenvalue weighted by molar-refractivity contribution is 5.76. The fourth-order valence-electron chi connectivity index (χ4n) is 3.37. The third-order valence-electron chi connectivity index (χ3n) is 4.27. The van der Waals surface area contributed by atoms with Crippen molar-refractivity contribution in [3.63, 3.8) is 0 Å². The van der Waals surface area contributed by atoms with Crippen LogP contribution in [-0.2, 0) is 4.79 Å². The summed E-state index contributed by atoms with van der Waals surface area (Å²) in [5.41, 5.74) is 0. The molecule has 0 spiro atoms. The Kier molecular flexibility index (Phi) is 5.64. The van der Waals surface area contributed by atoms with Gasteiger partial charge in [-0.3, -0.25) is 4.79 Å². The first kappa shape index (κ1) is 14.8. The lowest BCUT2D eigenvalue weighted by molar-refractivity contribution is -0.122. The normalized spacial score (nSPS) is 30.2. The Balaban J connectivity index is 1.65. The molecule has 0 saturated carbocycles. The lowest BCUT2D eigenvalue weighted by Gasteiger charge is -2.33. The number of likely N-dealkylation sites (tertiary alicyclic amines) is 1. The van der Waals surface area contributed by atoms with Crippen LogP contribution in [0.5, 0.6) is 0 Å². The van der Waals surface area contributed by atoms with Crippen molar-refractivity contribution in [3.05, 3.63) is 0 Å². The van der Waals surface area contributed by atoms with Crippen molar-refractivity contribution < 1.29 is 4.79 Å². The molecule has 1 amide bonds. The van der Waals surface area contributed by atoms with E-state index in [0.29, 0.717) is 12.5 Å². The van der Waals surface area contributed by atoms with Gasteiger partial charge < -0.3 is 15.5 Å². The molecule has 0 radical (unpaired) electrons. The number of piperidine rings is 1. The largest absolute Gasteiger partial charge is 0.352 e. The van der Waals surface area contributed by atoms with Crippen LogP contribution in [0.25, 0.3) is 0 Å². The van der Waals surface area contributed by atoms with Crippen LogP contribution in [0.15, 0.2) is 0 Å². The molecule has 2 rings (SSSR count). The van der Waals surface area contributed by atoms with Crippen molar-refractivity contribution in [2.45, 2.75) is 58.0 Å². The quantitative estimate of drug-likeness (QED) is 0.790. The maximum Gasteiger partial charge on any atom is 0.221 e. The maximum absolute atomic E-state index is 11.9. The van der Waals surface area contributed by atoms with Gasteiger partial charge in [0.1, 0.15) is 0 Å². The van der Waals surface area contributed by atoms with Gasteiger partial charge in [-0.25, -0.2) is 0 Å². The highest BCUT2D eigenvalue weighted by Gasteiger charge is 2.21. The molecule has 0 aliphatic carbocycles. The molecule has 3 unspecified atom stereocenters. The average molecular weight is 267 g/mol. The van der Waals surface area contributed by atoms with Gasteiger partial charge in [-0.1, -0.05) is 6.92 Å². The molecule has 19 heavy (non-hydrogen) atoms. The van der Waals surface area contributed by atoms with Crippen LogP contribution in [0.3, 0.4) is 0 Å². The maximum atomic E-state index is 11.9. The molecular formula is C15H29N3O. The van der Waals surface area contributed by atoms with E-state index in [1.807, 2.05) is 0 Å². The predicted octanol–water partition coefficient (Wildman–Crippen LogP) is 1.37. The van der Waals surface area contributed by atoms with Gasteiger partial charge in [0.2, 0.25) is 5.91 Å². The first-order chi connectivity index (χ1) is 9.13. The predicted molar refractivity (Wildman–Crippen MR) is 78.1 cm³/mol. The SMILES string of the molecule is CC1CCCN(CC(C)NC(=O)CC2CCCN2)C1. The summed E-state index contributed by atoms with van der Waals surface area (Å²) in [6.07, 6.45) is 5.64. The molecule has 2 fully saturated rings. The second-order valence-corrected chi connectivity index (χ2v) is 6.47. The molecule has 3 atom stereocenters. The summed E-state index contributed by atoms with van der Waals surface area (Å²) in [6.45, 7) is 8.88. The Labute approximate surface area is 117 Å². The number of hydrogen-bond acceptors (Lipinski definition) is 3. The van der Waals surface area contributed by atoms with E-state index in [2.05, 4.69) is 29.4 Å². The van der Waals surface area contributed by atoms with Crippen molar-refractivity contribution in [3.8, 4) is 0 Å². The van der Waals surface area contributed by atoms with E-state index < -0.39 is 0 Å². The zero-order chi connectivity index (χ0) is 13.7. The van der Waals surface area contributed by atoms with Gasteiger partial charge >= 0.3 is 0 Å². The summed E-state index contributed by atoms with van der Waals surface area (Å²) in [7, 11) is 0. The van der Waals surface area contributed by atoms with E-state index in [9.17, 15) is 4.79 Å². The molecule has 110 valence electrons. The van der Waals surface area contributed by atoms with Crippen molar-refractivity contribution in [2.24, 2.45) is 5.92 Å². The van der Waals surface area contributed by atoms with E-state index in [4.69, 9.17) is 0 Å². The minimum atomic E-state index is 0.206. The highest BCUT2D eigenvalue weighted by atomic mass is 16.1. The Morgan fingerprint density at radius 1 is 1.42 bits per heavy atom. The molecule has 0 bridgehead atoms. The van der Waals surface area contributed by atoms with E-state index in [0.717, 1.165) is 25.4 Å². The van der Waals surface area contributed by atoms with Gasteiger partial charge in [0.15, 0.2) is 0 Å². The summed E-state index contributed by atoms with van der Waals surface area (Å²) in [4.78, 5) is 14.4. The van der Waals surface area contributed by atoms with Gasteiger partial charge in [-0.05, 0) is 51.6 Å². The van der Waals surface area contributed by atoms with Crippen LogP contribution in [0.1, 0.15) is 46.0 Å². The number of carbonyl (C=O) groups excluding carboxylic acids is 1. The summed E-state index contributed by atoms with van der Waals surface area (Å²) in [6, 6.07) is 0.668. The fourth-order valence-corrected chi connectivity index (χ4v) is 3.37. The van der Waals surface area contributed by atoms with Gasteiger partial charge in [0.25, 0.3) is 0 Å². The molecule has 2 saturated heterocycles. The Morgan fingerprint density at radius 2 is 2.26 bits per heavy atom. The molecule has 2 aliphatic heterocycles. The first-order valence-electron chi connectivity index (χ1n) is 7.88. The number of nitrogens with zero attached hydrogens (tertiary/aromatic N) is 1. The Hall–Kier alpha value is -0.610. The van der Waals surface area contributed by atoms with Gasteiger partial charge in [0.05, 0.1) is 0 Å². The molecule has 4 heteroatoms. The first-order valence-corrected chi connectivity index (χ1v) is 7.88. The molecule has 0 aromatic rings. The molecule has 2 aliphatic rings. The zero-order valence-corrected chi connectivity index (χ0v) is 12.5. The van der Waals surface area contributed by atoms with E-state index in [-0.39, 0.29) is 11.9 Å². The third-order valence-corrected chi connectivity index (χ3v) is 4.27. The summed E-state index contributed by atoms with van der Waals surface area (Å²) in [5, 5.41) is 6.52. The smallest absolute Gasteiger partial charge is 0.221 e. The average Bonchev–Trinajstić information content (AvgIpc) is 2.81. The minimum absolute atomic E-state index is 0.206. The number of nitrogens with one attached hydrogen (secondary N) is 2. The molecule has 2 heterocycles. The van der Waals surface area contributed by atoms with Gasteiger partial charge in [-0.2, -0.15) is 0 Å². The van der Waals surface area contributed by atoms with Crippen molar-refractivity contribution in [1.82, 2.24) is 15.5 Å². The minimum Gasteiger partial charge on any atom is -0.352 e. The molecule has 2 N–H and O–H groups in total. The summed E-state index contributed by atoms with van der Waals surface area (Å²) in [5.74, 6) is 1.01. The van der Waals surface area contributed by atoms with Crippen LogP contribution >= 0.6 is 0 Å². The van der Waals surface area contributed by atoms with Crippen molar-refractivity contribution in [1.29, 1.82) is 0 Å². The highest BCUT2D eigenvalue weighted by Crippen LogP contribution is 2.15. The topological polar surface area (TPSA) is 44.4 Å². The second-order valence-electron chi connectivity index (χ2n) is 6.47. The van der Waals surface area contributed by atoms with Crippen molar-refractivity contribution in [2.75, 3.05) is 26.2 Å². The van der Waals surface area contributed by atoms with E-state index in [1.165, 1.54) is 32.4 Å². The van der Waals surface area contributed by atoms with E-state index in [1.54, 1.807) is 0 Å².